The molecule has 5 nitrogen and oxygen atoms in total. The van der Waals surface area contributed by atoms with Crippen molar-refractivity contribution in [3.8, 4) is 11.5 Å². The highest BCUT2D eigenvalue weighted by Gasteiger charge is 2.43. The number of likely N-dealkylation sites (tertiary alicyclic amines) is 1. The van der Waals surface area contributed by atoms with Crippen molar-refractivity contribution in [1.82, 2.24) is 4.90 Å². The molecule has 0 saturated carbocycles. The smallest absolute Gasteiger partial charge is 0.253 e. The number of carbonyl (C=O) groups is 1. The van der Waals surface area contributed by atoms with Crippen LogP contribution in [0.2, 0.25) is 0 Å². The minimum atomic E-state index is 0.0442. The number of carbonyl (C=O) groups excluding carboxylic acids is 1. The molecule has 1 unspecified atom stereocenters. The molecule has 2 aromatic rings. The van der Waals surface area contributed by atoms with Crippen molar-refractivity contribution >= 4 is 17.7 Å². The molecule has 2 aromatic carbocycles. The zero-order valence-corrected chi connectivity index (χ0v) is 19.5. The Bertz CT molecular complexity index is 937. The highest BCUT2D eigenvalue weighted by Crippen LogP contribution is 2.53. The van der Waals surface area contributed by atoms with Crippen molar-refractivity contribution < 1.29 is 19.0 Å². The van der Waals surface area contributed by atoms with Crippen molar-refractivity contribution in [2.75, 3.05) is 27.3 Å². The number of fused-ring (bicyclic) bond motifs is 1. The van der Waals surface area contributed by atoms with E-state index in [0.717, 1.165) is 32.4 Å². The second-order valence-electron chi connectivity index (χ2n) is 8.58. The number of hydrogen-bond donors (Lipinski definition) is 0. The van der Waals surface area contributed by atoms with Gasteiger partial charge in [0.1, 0.15) is 0 Å². The molecular weight excluding hydrogens is 410 g/mol. The Morgan fingerprint density at radius 1 is 1.10 bits per heavy atom. The van der Waals surface area contributed by atoms with Gasteiger partial charge >= 0.3 is 0 Å². The predicted octanol–water partition coefficient (Wildman–Crippen LogP) is 5.34. The minimum absolute atomic E-state index is 0.0442. The van der Waals surface area contributed by atoms with Gasteiger partial charge in [0, 0.05) is 35.4 Å². The van der Waals surface area contributed by atoms with Gasteiger partial charge in [0.05, 0.1) is 19.3 Å². The number of rotatable bonds is 5. The number of nitrogens with zero attached hydrogens (tertiary/aromatic N) is 1. The minimum Gasteiger partial charge on any atom is -0.493 e. The van der Waals surface area contributed by atoms with E-state index in [2.05, 4.69) is 24.3 Å². The first-order valence-corrected chi connectivity index (χ1v) is 11.7. The topological polar surface area (TPSA) is 48.0 Å². The van der Waals surface area contributed by atoms with E-state index in [1.54, 1.807) is 20.3 Å². The molecule has 1 amide bonds. The summed E-state index contributed by atoms with van der Waals surface area (Å²) in [5.41, 5.74) is 1.93. The van der Waals surface area contributed by atoms with Crippen LogP contribution in [0.15, 0.2) is 47.4 Å². The number of piperidine rings is 1. The normalized spacial score (nSPS) is 19.9. The summed E-state index contributed by atoms with van der Waals surface area (Å²) in [5.74, 6) is 1.30. The Morgan fingerprint density at radius 2 is 1.84 bits per heavy atom. The largest absolute Gasteiger partial charge is 0.493 e. The number of methoxy groups -OCH3 is 2. The Kier molecular flexibility index (Phi) is 6.49. The zero-order chi connectivity index (χ0) is 22.0. The second-order valence-corrected chi connectivity index (χ2v) is 10.1. The molecule has 0 bridgehead atoms. The molecule has 0 N–H and O–H groups in total. The predicted molar refractivity (Wildman–Crippen MR) is 123 cm³/mol. The van der Waals surface area contributed by atoms with E-state index < -0.39 is 0 Å². The standard InChI is InChI=1S/C25H31NO4S/c1-17(2)30-20-10-9-18(15-21(20)28-3)24(27)26-13-11-25(12-14-26)16-22(29-4)19-7-5-6-8-23(19)31-25/h5-10,15,17,22H,11-14,16H2,1-4H3. The highest BCUT2D eigenvalue weighted by molar-refractivity contribution is 8.00. The maximum Gasteiger partial charge on any atom is 0.253 e. The van der Waals surface area contributed by atoms with Crippen LogP contribution < -0.4 is 9.47 Å². The fourth-order valence-corrected chi connectivity index (χ4v) is 6.08. The Balaban J connectivity index is 1.46. The molecule has 2 aliphatic heterocycles. The number of benzene rings is 2. The van der Waals surface area contributed by atoms with Gasteiger partial charge in [0.25, 0.3) is 5.91 Å². The summed E-state index contributed by atoms with van der Waals surface area (Å²) in [5, 5.41) is 0. The fourth-order valence-electron chi connectivity index (χ4n) is 4.53. The maximum absolute atomic E-state index is 13.2. The molecular formula is C25H31NO4S. The third kappa shape index (κ3) is 4.55. The quantitative estimate of drug-likeness (QED) is 0.627. The highest BCUT2D eigenvalue weighted by atomic mass is 32.2. The summed E-state index contributed by atoms with van der Waals surface area (Å²) >= 11 is 1.97. The lowest BCUT2D eigenvalue weighted by atomic mass is 9.87. The molecule has 2 heterocycles. The molecule has 31 heavy (non-hydrogen) atoms. The van der Waals surface area contributed by atoms with Crippen LogP contribution in [0.25, 0.3) is 0 Å². The van der Waals surface area contributed by atoms with Crippen molar-refractivity contribution in [2.45, 2.75) is 55.0 Å². The first-order valence-electron chi connectivity index (χ1n) is 10.9. The number of ether oxygens (including phenoxy) is 3. The van der Waals surface area contributed by atoms with Crippen molar-refractivity contribution in [3.63, 3.8) is 0 Å². The lowest BCUT2D eigenvalue weighted by molar-refractivity contribution is 0.0574. The summed E-state index contributed by atoms with van der Waals surface area (Å²) in [6.07, 6.45) is 3.08. The van der Waals surface area contributed by atoms with Gasteiger partial charge < -0.3 is 19.1 Å². The fraction of sp³-hybridized carbons (Fsp3) is 0.480. The average molecular weight is 442 g/mol. The lowest BCUT2D eigenvalue weighted by Gasteiger charge is -2.46. The average Bonchev–Trinajstić information content (AvgIpc) is 2.78. The Morgan fingerprint density at radius 3 is 2.52 bits per heavy atom. The summed E-state index contributed by atoms with van der Waals surface area (Å²) < 4.78 is 17.2. The van der Waals surface area contributed by atoms with Crippen LogP contribution in [0.1, 0.15) is 55.1 Å². The molecule has 1 atom stereocenters. The third-order valence-electron chi connectivity index (χ3n) is 6.17. The van der Waals surface area contributed by atoms with Crippen LogP contribution in [0.4, 0.5) is 0 Å². The van der Waals surface area contributed by atoms with E-state index in [1.165, 1.54) is 10.5 Å². The second kappa shape index (κ2) is 9.13. The number of hydrogen-bond acceptors (Lipinski definition) is 5. The molecule has 0 aromatic heterocycles. The zero-order valence-electron chi connectivity index (χ0n) is 18.7. The monoisotopic (exact) mass is 441 g/mol. The summed E-state index contributed by atoms with van der Waals surface area (Å²) in [7, 11) is 3.40. The van der Waals surface area contributed by atoms with E-state index >= 15 is 0 Å². The van der Waals surface area contributed by atoms with E-state index in [-0.39, 0.29) is 22.9 Å². The summed E-state index contributed by atoms with van der Waals surface area (Å²) in [6, 6.07) is 14.0. The molecule has 1 saturated heterocycles. The van der Waals surface area contributed by atoms with E-state index in [0.29, 0.717) is 17.1 Å². The van der Waals surface area contributed by atoms with Gasteiger partial charge in [-0.05, 0) is 62.9 Å². The molecule has 0 radical (unpaired) electrons. The van der Waals surface area contributed by atoms with Gasteiger partial charge in [-0.15, -0.1) is 11.8 Å². The van der Waals surface area contributed by atoms with Gasteiger partial charge in [-0.3, -0.25) is 4.79 Å². The molecule has 4 rings (SSSR count). The number of thioether (sulfide) groups is 1. The molecule has 2 aliphatic rings. The van der Waals surface area contributed by atoms with Crippen LogP contribution in [-0.2, 0) is 4.74 Å². The van der Waals surface area contributed by atoms with Crippen LogP contribution >= 0.6 is 11.8 Å². The molecule has 0 aliphatic carbocycles. The van der Waals surface area contributed by atoms with Crippen LogP contribution in [0.5, 0.6) is 11.5 Å². The maximum atomic E-state index is 13.2. The van der Waals surface area contributed by atoms with E-state index in [4.69, 9.17) is 14.2 Å². The first-order chi connectivity index (χ1) is 14.9. The van der Waals surface area contributed by atoms with Gasteiger partial charge in [-0.25, -0.2) is 0 Å². The van der Waals surface area contributed by atoms with Gasteiger partial charge in [-0.1, -0.05) is 18.2 Å². The number of amides is 1. The Hall–Kier alpha value is -2.18. The SMILES string of the molecule is COc1cc(C(=O)N2CCC3(CC2)CC(OC)c2ccccc2S3)ccc1OC(C)C. The van der Waals surface area contributed by atoms with Crippen LogP contribution in [0.3, 0.4) is 0 Å². The first kappa shape index (κ1) is 22.0. The molecule has 6 heteroatoms. The van der Waals surface area contributed by atoms with Crippen molar-refractivity contribution in [2.24, 2.45) is 0 Å². The summed E-state index contributed by atoms with van der Waals surface area (Å²) in [6.45, 7) is 5.43. The van der Waals surface area contributed by atoms with Gasteiger partial charge in [-0.2, -0.15) is 0 Å². The van der Waals surface area contributed by atoms with Crippen LogP contribution in [0, 0.1) is 0 Å². The lowest BCUT2D eigenvalue weighted by Crippen LogP contribution is -2.46. The summed E-state index contributed by atoms with van der Waals surface area (Å²) in [4.78, 5) is 16.5. The molecule has 166 valence electrons. The van der Waals surface area contributed by atoms with Gasteiger partial charge in [0.2, 0.25) is 0 Å². The Labute approximate surface area is 189 Å². The van der Waals surface area contributed by atoms with Crippen molar-refractivity contribution in [1.29, 1.82) is 0 Å². The molecule has 1 fully saturated rings. The van der Waals surface area contributed by atoms with E-state index in [1.807, 2.05) is 42.6 Å². The van der Waals surface area contributed by atoms with Gasteiger partial charge in [0.15, 0.2) is 11.5 Å². The van der Waals surface area contributed by atoms with E-state index in [9.17, 15) is 4.79 Å². The third-order valence-corrected chi connectivity index (χ3v) is 7.77. The van der Waals surface area contributed by atoms with Crippen LogP contribution in [-0.4, -0.2) is 49.0 Å². The van der Waals surface area contributed by atoms with Crippen molar-refractivity contribution in [3.05, 3.63) is 53.6 Å². The molecule has 1 spiro atoms.